The lowest BCUT2D eigenvalue weighted by Gasteiger charge is -2.15. The Balaban J connectivity index is 2.25. The van der Waals surface area contributed by atoms with Crippen molar-refractivity contribution in [2.45, 2.75) is 26.4 Å². The van der Waals surface area contributed by atoms with Crippen molar-refractivity contribution in [3.05, 3.63) is 41.3 Å². The van der Waals surface area contributed by atoms with Crippen molar-refractivity contribution in [1.82, 2.24) is 4.90 Å². The van der Waals surface area contributed by atoms with Gasteiger partial charge in [-0.3, -0.25) is 14.5 Å². The molecule has 2 rings (SSSR count). The lowest BCUT2D eigenvalue weighted by molar-refractivity contribution is -0.122. The highest BCUT2D eigenvalue weighted by molar-refractivity contribution is 8.18. The number of thioether (sulfide) groups is 1. The first kappa shape index (κ1) is 18.1. The topological polar surface area (TPSA) is 55.8 Å². The summed E-state index contributed by atoms with van der Waals surface area (Å²) in [5.41, 5.74) is 0.771. The summed E-state index contributed by atoms with van der Waals surface area (Å²) in [5.74, 6) is 0.946. The molecular weight excluding hydrogens is 326 g/mol. The SMILES string of the molecule is C=CCN1C(=O)S/C(=C/c2ccc(O[C@@H](C)CC)c(OC)c2)C1=O. The molecule has 1 aromatic carbocycles. The van der Waals surface area contributed by atoms with E-state index in [1.807, 2.05) is 26.0 Å². The summed E-state index contributed by atoms with van der Waals surface area (Å²) >= 11 is 0.927. The highest BCUT2D eigenvalue weighted by Crippen LogP contribution is 2.34. The van der Waals surface area contributed by atoms with E-state index >= 15 is 0 Å². The maximum Gasteiger partial charge on any atom is 0.293 e. The molecule has 0 saturated carbocycles. The first-order valence-corrected chi connectivity index (χ1v) is 8.52. The first-order chi connectivity index (χ1) is 11.5. The molecule has 1 saturated heterocycles. The number of rotatable bonds is 7. The van der Waals surface area contributed by atoms with Crippen LogP contribution in [0.1, 0.15) is 25.8 Å². The van der Waals surface area contributed by atoms with Gasteiger partial charge in [-0.2, -0.15) is 0 Å². The fourth-order valence-electron chi connectivity index (χ4n) is 2.11. The molecule has 1 aliphatic heterocycles. The molecule has 0 radical (unpaired) electrons. The van der Waals surface area contributed by atoms with Gasteiger partial charge in [0.1, 0.15) is 0 Å². The van der Waals surface area contributed by atoms with E-state index in [4.69, 9.17) is 9.47 Å². The number of hydrogen-bond acceptors (Lipinski definition) is 5. The maximum atomic E-state index is 12.2. The monoisotopic (exact) mass is 347 g/mol. The van der Waals surface area contributed by atoms with Gasteiger partial charge < -0.3 is 9.47 Å². The molecule has 1 atom stereocenters. The molecule has 0 bridgehead atoms. The number of amides is 2. The molecule has 0 spiro atoms. The molecule has 0 aliphatic carbocycles. The average molecular weight is 347 g/mol. The number of nitrogens with zero attached hydrogens (tertiary/aromatic N) is 1. The molecular formula is C18H21NO4S. The summed E-state index contributed by atoms with van der Waals surface area (Å²) < 4.78 is 11.2. The van der Waals surface area contributed by atoms with Crippen molar-refractivity contribution < 1.29 is 19.1 Å². The lowest BCUT2D eigenvalue weighted by atomic mass is 10.1. The second kappa shape index (κ2) is 8.06. The summed E-state index contributed by atoms with van der Waals surface area (Å²) in [5, 5.41) is -0.283. The molecule has 24 heavy (non-hydrogen) atoms. The van der Waals surface area contributed by atoms with Crippen molar-refractivity contribution in [2.75, 3.05) is 13.7 Å². The largest absolute Gasteiger partial charge is 0.493 e. The van der Waals surface area contributed by atoms with Crippen LogP contribution in [0, 0.1) is 0 Å². The molecule has 1 heterocycles. The summed E-state index contributed by atoms with van der Waals surface area (Å²) in [6, 6.07) is 5.44. The molecule has 0 unspecified atom stereocenters. The van der Waals surface area contributed by atoms with Crippen LogP contribution in [0.3, 0.4) is 0 Å². The standard InChI is InChI=1S/C18H21NO4S/c1-5-9-19-17(20)16(24-18(19)21)11-13-7-8-14(15(10-13)22-4)23-12(3)6-2/h5,7-8,10-12H,1,6,9H2,2-4H3/b16-11+/t12-/m0/s1. The predicted molar refractivity (Wildman–Crippen MR) is 96.2 cm³/mol. The minimum atomic E-state index is -0.302. The van der Waals surface area contributed by atoms with Crippen LogP contribution in [-0.4, -0.2) is 35.8 Å². The van der Waals surface area contributed by atoms with Crippen LogP contribution in [0.5, 0.6) is 11.5 Å². The molecule has 1 aliphatic rings. The van der Waals surface area contributed by atoms with E-state index in [2.05, 4.69) is 6.58 Å². The van der Waals surface area contributed by atoms with Crippen LogP contribution in [0.2, 0.25) is 0 Å². The van der Waals surface area contributed by atoms with Crippen LogP contribution in [-0.2, 0) is 4.79 Å². The molecule has 1 aromatic rings. The van der Waals surface area contributed by atoms with Gasteiger partial charge in [0.15, 0.2) is 11.5 Å². The Kier molecular flexibility index (Phi) is 6.09. The van der Waals surface area contributed by atoms with Gasteiger partial charge in [-0.15, -0.1) is 6.58 Å². The van der Waals surface area contributed by atoms with Crippen molar-refractivity contribution in [3.8, 4) is 11.5 Å². The van der Waals surface area contributed by atoms with Crippen molar-refractivity contribution in [2.24, 2.45) is 0 Å². The van der Waals surface area contributed by atoms with Crippen molar-refractivity contribution in [1.29, 1.82) is 0 Å². The third-order valence-electron chi connectivity index (χ3n) is 3.57. The van der Waals surface area contributed by atoms with E-state index in [9.17, 15) is 9.59 Å². The Labute approximate surface area is 146 Å². The van der Waals surface area contributed by atoms with E-state index in [0.29, 0.717) is 16.4 Å². The summed E-state index contributed by atoms with van der Waals surface area (Å²) in [6.07, 6.45) is 4.19. The highest BCUT2D eigenvalue weighted by Gasteiger charge is 2.34. The fraction of sp³-hybridized carbons (Fsp3) is 0.333. The average Bonchev–Trinajstić information content (AvgIpc) is 2.83. The van der Waals surface area contributed by atoms with Crippen molar-refractivity contribution >= 4 is 29.0 Å². The molecule has 128 valence electrons. The Bertz CT molecular complexity index is 684. The quantitative estimate of drug-likeness (QED) is 0.549. The second-order valence-electron chi connectivity index (χ2n) is 5.33. The van der Waals surface area contributed by atoms with Crippen LogP contribution in [0.4, 0.5) is 4.79 Å². The lowest BCUT2D eigenvalue weighted by Crippen LogP contribution is -2.27. The molecule has 0 aromatic heterocycles. The minimum Gasteiger partial charge on any atom is -0.493 e. The van der Waals surface area contributed by atoms with E-state index in [0.717, 1.165) is 23.7 Å². The van der Waals surface area contributed by atoms with Gasteiger partial charge in [-0.25, -0.2) is 0 Å². The minimum absolute atomic E-state index is 0.0835. The molecule has 0 N–H and O–H groups in total. The van der Waals surface area contributed by atoms with Gasteiger partial charge in [0.25, 0.3) is 11.1 Å². The number of carbonyl (C=O) groups is 2. The van der Waals surface area contributed by atoms with Gasteiger partial charge in [-0.1, -0.05) is 19.1 Å². The third-order valence-corrected chi connectivity index (χ3v) is 4.48. The first-order valence-electron chi connectivity index (χ1n) is 7.71. The fourth-order valence-corrected chi connectivity index (χ4v) is 2.96. The Hall–Kier alpha value is -2.21. The normalized spacial score (nSPS) is 17.3. The van der Waals surface area contributed by atoms with E-state index < -0.39 is 0 Å². The maximum absolute atomic E-state index is 12.2. The Morgan fingerprint density at radius 3 is 2.71 bits per heavy atom. The predicted octanol–water partition coefficient (Wildman–Crippen LogP) is 4.09. The van der Waals surface area contributed by atoms with E-state index in [1.54, 1.807) is 19.3 Å². The van der Waals surface area contributed by atoms with Crippen LogP contribution in [0.25, 0.3) is 6.08 Å². The third kappa shape index (κ3) is 4.00. The van der Waals surface area contributed by atoms with Gasteiger partial charge >= 0.3 is 0 Å². The highest BCUT2D eigenvalue weighted by atomic mass is 32.2. The van der Waals surface area contributed by atoms with Crippen molar-refractivity contribution in [3.63, 3.8) is 0 Å². The number of imide groups is 1. The van der Waals surface area contributed by atoms with Crippen LogP contribution < -0.4 is 9.47 Å². The number of methoxy groups -OCH3 is 1. The van der Waals surface area contributed by atoms with Gasteiger partial charge in [0, 0.05) is 6.54 Å². The summed E-state index contributed by atoms with van der Waals surface area (Å²) in [6.45, 7) is 7.81. The number of hydrogen-bond donors (Lipinski definition) is 0. The molecule has 1 fully saturated rings. The molecule has 5 nitrogen and oxygen atoms in total. The zero-order valence-electron chi connectivity index (χ0n) is 14.1. The number of carbonyl (C=O) groups excluding carboxylic acids is 2. The van der Waals surface area contributed by atoms with Crippen LogP contribution in [0.15, 0.2) is 35.8 Å². The molecule has 2 amide bonds. The Morgan fingerprint density at radius 2 is 2.08 bits per heavy atom. The summed E-state index contributed by atoms with van der Waals surface area (Å²) in [7, 11) is 1.57. The van der Waals surface area contributed by atoms with E-state index in [-0.39, 0.29) is 23.8 Å². The van der Waals surface area contributed by atoms with Gasteiger partial charge in [-0.05, 0) is 48.9 Å². The van der Waals surface area contributed by atoms with Crippen LogP contribution >= 0.6 is 11.8 Å². The Morgan fingerprint density at radius 1 is 1.33 bits per heavy atom. The summed E-state index contributed by atoms with van der Waals surface area (Å²) in [4.78, 5) is 25.6. The zero-order chi connectivity index (χ0) is 17.7. The second-order valence-corrected chi connectivity index (χ2v) is 6.32. The number of ether oxygens (including phenoxy) is 2. The zero-order valence-corrected chi connectivity index (χ0v) is 14.9. The van der Waals surface area contributed by atoms with E-state index in [1.165, 1.54) is 11.0 Å². The molecule has 6 heteroatoms. The van der Waals surface area contributed by atoms with Gasteiger partial charge in [0.2, 0.25) is 0 Å². The smallest absolute Gasteiger partial charge is 0.293 e. The number of benzene rings is 1. The van der Waals surface area contributed by atoms with Gasteiger partial charge in [0.05, 0.1) is 18.1 Å².